The summed E-state index contributed by atoms with van der Waals surface area (Å²) in [5.74, 6) is 0.168. The number of amides is 1. The van der Waals surface area contributed by atoms with Gasteiger partial charge in [-0.1, -0.05) is 35.9 Å². The quantitative estimate of drug-likeness (QED) is 0.727. The van der Waals surface area contributed by atoms with Crippen LogP contribution in [0.15, 0.2) is 48.7 Å². The lowest BCUT2D eigenvalue weighted by Crippen LogP contribution is -2.23. The largest absolute Gasteiger partial charge is 0.379 e. The lowest BCUT2D eigenvalue weighted by atomic mass is 10.1. The molecule has 1 aromatic heterocycles. The maximum absolute atomic E-state index is 12.0. The lowest BCUT2D eigenvalue weighted by molar-refractivity contribution is -0.117. The lowest BCUT2D eigenvalue weighted by Gasteiger charge is -2.17. The summed E-state index contributed by atoms with van der Waals surface area (Å²) in [6.45, 7) is 1.29. The third kappa shape index (κ3) is 3.32. The van der Waals surface area contributed by atoms with Crippen molar-refractivity contribution in [3.63, 3.8) is 0 Å². The van der Waals surface area contributed by atoms with Crippen molar-refractivity contribution >= 4 is 39.8 Å². The Morgan fingerprint density at radius 3 is 2.89 bits per heavy atom. The predicted octanol–water partition coefficient (Wildman–Crippen LogP) is 4.50. The van der Waals surface area contributed by atoms with E-state index in [2.05, 4.69) is 16.4 Å². The molecule has 1 amide bonds. The molecule has 6 heteroatoms. The van der Waals surface area contributed by atoms with E-state index in [0.29, 0.717) is 34.8 Å². The molecule has 1 N–H and O–H groups in total. The highest BCUT2D eigenvalue weighted by Gasteiger charge is 2.21. The Morgan fingerprint density at radius 1 is 1.26 bits per heavy atom. The number of pyridine rings is 1. The zero-order valence-corrected chi connectivity index (χ0v) is 15.3. The van der Waals surface area contributed by atoms with Gasteiger partial charge in [0.15, 0.2) is 0 Å². The minimum absolute atomic E-state index is 0.168. The Kier molecular flexibility index (Phi) is 4.66. The van der Waals surface area contributed by atoms with Gasteiger partial charge in [-0.3, -0.25) is 9.78 Å². The van der Waals surface area contributed by atoms with Crippen molar-refractivity contribution in [2.75, 3.05) is 16.8 Å². The average molecular weight is 377 g/mol. The number of hydrogen-bond acceptors (Lipinski definition) is 4. The van der Waals surface area contributed by atoms with Crippen LogP contribution in [0.5, 0.6) is 0 Å². The molecule has 1 saturated heterocycles. The number of rotatable bonds is 4. The van der Waals surface area contributed by atoms with Gasteiger partial charge < -0.3 is 10.2 Å². The number of nitriles is 1. The van der Waals surface area contributed by atoms with Gasteiger partial charge in [0.1, 0.15) is 6.07 Å². The number of nitrogens with one attached hydrogen (secondary N) is 1. The third-order valence-corrected chi connectivity index (χ3v) is 5.04. The fourth-order valence-corrected chi connectivity index (χ4v) is 3.63. The Labute approximate surface area is 162 Å². The smallest absolute Gasteiger partial charge is 0.227 e. The van der Waals surface area contributed by atoms with Gasteiger partial charge in [0, 0.05) is 36.8 Å². The molecule has 1 aliphatic heterocycles. The number of nitrogens with zero attached hydrogens (tertiary/aromatic N) is 3. The molecule has 0 radical (unpaired) electrons. The van der Waals surface area contributed by atoms with Crippen LogP contribution in [-0.4, -0.2) is 17.4 Å². The standard InChI is InChI=1S/C21H17ClN4O/c22-18-7-2-6-17-20(15(11-23)13-25-21(17)18)24-12-14-4-1-5-16(10-14)26-9-3-8-19(26)27/h1-2,4-7,10,13H,3,8-9,12H2,(H,24,25). The van der Waals surface area contributed by atoms with E-state index in [1.54, 1.807) is 6.07 Å². The van der Waals surface area contributed by atoms with E-state index in [9.17, 15) is 10.1 Å². The fraction of sp³-hybridized carbons (Fsp3) is 0.190. The van der Waals surface area contributed by atoms with Crippen LogP contribution in [0.2, 0.25) is 5.02 Å². The number of fused-ring (bicyclic) bond motifs is 1. The molecular formula is C21H17ClN4O. The minimum atomic E-state index is 0.168. The molecule has 5 nitrogen and oxygen atoms in total. The predicted molar refractivity (Wildman–Crippen MR) is 107 cm³/mol. The molecule has 27 heavy (non-hydrogen) atoms. The maximum atomic E-state index is 12.0. The minimum Gasteiger partial charge on any atom is -0.379 e. The van der Waals surface area contributed by atoms with Crippen LogP contribution in [0.1, 0.15) is 24.0 Å². The van der Waals surface area contributed by atoms with Gasteiger partial charge in [0.2, 0.25) is 5.91 Å². The van der Waals surface area contributed by atoms with E-state index in [0.717, 1.165) is 29.6 Å². The SMILES string of the molecule is N#Cc1cnc2c(Cl)cccc2c1NCc1cccc(N2CCCC2=O)c1. The molecule has 2 heterocycles. The van der Waals surface area contributed by atoms with Gasteiger partial charge in [0.05, 0.1) is 21.8 Å². The van der Waals surface area contributed by atoms with Crippen LogP contribution in [0.4, 0.5) is 11.4 Å². The number of aromatic nitrogens is 1. The van der Waals surface area contributed by atoms with Gasteiger partial charge in [-0.05, 0) is 30.2 Å². The number of benzene rings is 2. The molecule has 0 spiro atoms. The molecule has 3 aromatic rings. The normalized spacial score (nSPS) is 13.8. The van der Waals surface area contributed by atoms with Crippen LogP contribution in [0, 0.1) is 11.3 Å². The molecule has 1 aliphatic rings. The van der Waals surface area contributed by atoms with Crippen molar-refractivity contribution < 1.29 is 4.79 Å². The number of anilines is 2. The first kappa shape index (κ1) is 17.3. The zero-order chi connectivity index (χ0) is 18.8. The van der Waals surface area contributed by atoms with E-state index in [4.69, 9.17) is 11.6 Å². The molecule has 0 bridgehead atoms. The van der Waals surface area contributed by atoms with Gasteiger partial charge in [0.25, 0.3) is 0 Å². The number of halogens is 1. The Balaban J connectivity index is 1.63. The van der Waals surface area contributed by atoms with E-state index < -0.39 is 0 Å². The van der Waals surface area contributed by atoms with Crippen LogP contribution >= 0.6 is 11.6 Å². The van der Waals surface area contributed by atoms with Crippen LogP contribution in [0.3, 0.4) is 0 Å². The highest BCUT2D eigenvalue weighted by atomic mass is 35.5. The van der Waals surface area contributed by atoms with Gasteiger partial charge in [-0.15, -0.1) is 0 Å². The summed E-state index contributed by atoms with van der Waals surface area (Å²) in [6.07, 6.45) is 3.05. The number of carbonyl (C=O) groups excluding carboxylic acids is 1. The first-order chi connectivity index (χ1) is 13.2. The second kappa shape index (κ2) is 7.26. The van der Waals surface area contributed by atoms with Crippen molar-refractivity contribution in [2.45, 2.75) is 19.4 Å². The number of para-hydroxylation sites is 1. The second-order valence-corrected chi connectivity index (χ2v) is 6.87. The van der Waals surface area contributed by atoms with E-state index in [1.165, 1.54) is 6.20 Å². The van der Waals surface area contributed by atoms with Gasteiger partial charge in [-0.2, -0.15) is 5.26 Å². The zero-order valence-electron chi connectivity index (χ0n) is 14.6. The van der Waals surface area contributed by atoms with Crippen molar-refractivity contribution in [3.8, 4) is 6.07 Å². The molecule has 0 atom stereocenters. The van der Waals surface area contributed by atoms with Crippen LogP contribution < -0.4 is 10.2 Å². The molecule has 0 aliphatic carbocycles. The van der Waals surface area contributed by atoms with Crippen molar-refractivity contribution in [1.82, 2.24) is 4.98 Å². The Bertz CT molecular complexity index is 1070. The van der Waals surface area contributed by atoms with E-state index >= 15 is 0 Å². The first-order valence-corrected chi connectivity index (χ1v) is 9.15. The molecule has 0 unspecified atom stereocenters. The second-order valence-electron chi connectivity index (χ2n) is 6.47. The number of hydrogen-bond donors (Lipinski definition) is 1. The van der Waals surface area contributed by atoms with Gasteiger partial charge in [-0.25, -0.2) is 0 Å². The van der Waals surface area contributed by atoms with Crippen LogP contribution in [-0.2, 0) is 11.3 Å². The summed E-state index contributed by atoms with van der Waals surface area (Å²) in [6, 6.07) is 15.6. The van der Waals surface area contributed by atoms with Crippen LogP contribution in [0.25, 0.3) is 10.9 Å². The highest BCUT2D eigenvalue weighted by Crippen LogP contribution is 2.30. The Morgan fingerprint density at radius 2 is 2.11 bits per heavy atom. The summed E-state index contributed by atoms with van der Waals surface area (Å²) in [5, 5.41) is 14.2. The summed E-state index contributed by atoms with van der Waals surface area (Å²) in [5.41, 5.74) is 3.79. The van der Waals surface area contributed by atoms with Crippen molar-refractivity contribution in [2.24, 2.45) is 0 Å². The summed E-state index contributed by atoms with van der Waals surface area (Å²) in [4.78, 5) is 18.1. The third-order valence-electron chi connectivity index (χ3n) is 4.73. The summed E-state index contributed by atoms with van der Waals surface area (Å²) < 4.78 is 0. The molecule has 134 valence electrons. The molecular weight excluding hydrogens is 360 g/mol. The average Bonchev–Trinajstić information content (AvgIpc) is 3.12. The fourth-order valence-electron chi connectivity index (χ4n) is 3.41. The summed E-state index contributed by atoms with van der Waals surface area (Å²) in [7, 11) is 0. The van der Waals surface area contributed by atoms with Crippen molar-refractivity contribution in [3.05, 3.63) is 64.8 Å². The maximum Gasteiger partial charge on any atom is 0.227 e. The van der Waals surface area contributed by atoms with E-state index in [-0.39, 0.29) is 5.91 Å². The Hall–Kier alpha value is -3.10. The number of carbonyl (C=O) groups is 1. The molecule has 2 aromatic carbocycles. The first-order valence-electron chi connectivity index (χ1n) is 8.78. The molecule has 4 rings (SSSR count). The van der Waals surface area contributed by atoms with Gasteiger partial charge >= 0.3 is 0 Å². The monoisotopic (exact) mass is 376 g/mol. The highest BCUT2D eigenvalue weighted by molar-refractivity contribution is 6.35. The van der Waals surface area contributed by atoms with Crippen molar-refractivity contribution in [1.29, 1.82) is 5.26 Å². The topological polar surface area (TPSA) is 69.0 Å². The molecule has 1 fully saturated rings. The molecule has 0 saturated carbocycles. The summed E-state index contributed by atoms with van der Waals surface area (Å²) >= 11 is 6.24. The van der Waals surface area contributed by atoms with E-state index in [1.807, 2.05) is 41.3 Å².